The van der Waals surface area contributed by atoms with Crippen LogP contribution in [0.25, 0.3) is 0 Å². The number of esters is 1. The van der Waals surface area contributed by atoms with Crippen LogP contribution in [0.4, 0.5) is 0 Å². The zero-order valence-corrected chi connectivity index (χ0v) is 10.5. The fourth-order valence-corrected chi connectivity index (χ4v) is 1.47. The van der Waals surface area contributed by atoms with Crippen LogP contribution in [0.1, 0.15) is 18.0 Å². The summed E-state index contributed by atoms with van der Waals surface area (Å²) >= 11 is 0. The normalized spacial score (nSPS) is 11.7. The molecule has 0 bridgehead atoms. The molecule has 5 heteroatoms. The monoisotopic (exact) mass is 251 g/mol. The summed E-state index contributed by atoms with van der Waals surface area (Å²) < 4.78 is 9.50. The Morgan fingerprint density at radius 3 is 2.44 bits per heavy atom. The molecule has 18 heavy (non-hydrogen) atoms. The van der Waals surface area contributed by atoms with E-state index in [0.29, 0.717) is 12.2 Å². The Hall–Kier alpha value is -1.88. The molecule has 0 fully saturated rings. The first-order valence-electron chi connectivity index (χ1n) is 5.60. The van der Waals surface area contributed by atoms with Gasteiger partial charge in [-0.05, 0) is 5.56 Å². The fourth-order valence-electron chi connectivity index (χ4n) is 1.47. The van der Waals surface area contributed by atoms with Gasteiger partial charge in [-0.2, -0.15) is 0 Å². The molecule has 98 valence electrons. The predicted octanol–water partition coefficient (Wildman–Crippen LogP) is 1.05. The Morgan fingerprint density at radius 2 is 1.89 bits per heavy atom. The molecule has 0 saturated heterocycles. The maximum Gasteiger partial charge on any atom is 0.333 e. The maximum atomic E-state index is 11.7. The van der Waals surface area contributed by atoms with Crippen molar-refractivity contribution >= 4 is 11.9 Å². The van der Waals surface area contributed by atoms with Gasteiger partial charge in [0.2, 0.25) is 5.91 Å². The molecule has 0 aliphatic carbocycles. The van der Waals surface area contributed by atoms with Gasteiger partial charge in [0, 0.05) is 13.5 Å². The molecule has 1 rings (SSSR count). The van der Waals surface area contributed by atoms with E-state index in [-0.39, 0.29) is 12.3 Å². The topological polar surface area (TPSA) is 64.6 Å². The van der Waals surface area contributed by atoms with Gasteiger partial charge in [0.05, 0.1) is 13.7 Å². The fraction of sp³-hybridized carbons (Fsp3) is 0.385. The summed E-state index contributed by atoms with van der Waals surface area (Å²) in [5.41, 5.74) is 0.690. The molecular formula is C13H17NO4. The second-order valence-electron chi connectivity index (χ2n) is 3.68. The van der Waals surface area contributed by atoms with Gasteiger partial charge in [-0.25, -0.2) is 4.79 Å². The van der Waals surface area contributed by atoms with Crippen LogP contribution in [0.3, 0.4) is 0 Å². The summed E-state index contributed by atoms with van der Waals surface area (Å²) in [4.78, 5) is 23.3. The number of carbonyl (C=O) groups excluding carboxylic acids is 2. The first-order valence-corrected chi connectivity index (χ1v) is 5.60. The Morgan fingerprint density at radius 1 is 1.22 bits per heavy atom. The van der Waals surface area contributed by atoms with Crippen molar-refractivity contribution in [1.29, 1.82) is 0 Å². The van der Waals surface area contributed by atoms with Crippen molar-refractivity contribution in [1.82, 2.24) is 5.32 Å². The largest absolute Gasteiger partial charge is 0.467 e. The lowest BCUT2D eigenvalue weighted by Gasteiger charge is -2.16. The molecule has 5 nitrogen and oxygen atoms in total. The highest BCUT2D eigenvalue weighted by molar-refractivity contribution is 5.85. The van der Waals surface area contributed by atoms with Crippen LogP contribution in [-0.4, -0.2) is 32.7 Å². The molecule has 1 N–H and O–H groups in total. The quantitative estimate of drug-likeness (QED) is 0.768. The van der Waals surface area contributed by atoms with E-state index >= 15 is 0 Å². The molecule has 0 aliphatic heterocycles. The van der Waals surface area contributed by atoms with Gasteiger partial charge in [-0.1, -0.05) is 30.3 Å². The number of carbonyl (C=O) groups is 2. The molecule has 0 aliphatic rings. The molecule has 0 saturated carbocycles. The molecule has 0 heterocycles. The van der Waals surface area contributed by atoms with Gasteiger partial charge < -0.3 is 14.8 Å². The second kappa shape index (κ2) is 7.45. The molecular weight excluding hydrogens is 234 g/mol. The number of methoxy groups -OCH3 is 2. The van der Waals surface area contributed by atoms with E-state index in [2.05, 4.69) is 10.1 Å². The van der Waals surface area contributed by atoms with Gasteiger partial charge in [0.25, 0.3) is 0 Å². The Bertz CT molecular complexity index is 391. The number of rotatable bonds is 6. The molecule has 1 aromatic rings. The number of benzene rings is 1. The minimum absolute atomic E-state index is 0.205. The van der Waals surface area contributed by atoms with Crippen molar-refractivity contribution in [3.63, 3.8) is 0 Å². The molecule has 1 atom stereocenters. The first kappa shape index (κ1) is 14.2. The van der Waals surface area contributed by atoms with Crippen LogP contribution in [0, 0.1) is 0 Å². The van der Waals surface area contributed by atoms with E-state index in [9.17, 15) is 9.59 Å². The second-order valence-corrected chi connectivity index (χ2v) is 3.68. The smallest absolute Gasteiger partial charge is 0.333 e. The highest BCUT2D eigenvalue weighted by Crippen LogP contribution is 2.14. The van der Waals surface area contributed by atoms with Crippen LogP contribution in [0.5, 0.6) is 0 Å². The molecule has 0 spiro atoms. The number of hydrogen-bond acceptors (Lipinski definition) is 4. The lowest BCUT2D eigenvalue weighted by molar-refractivity contribution is -0.145. The Balaban J connectivity index is 2.74. The van der Waals surface area contributed by atoms with Crippen molar-refractivity contribution in [3.05, 3.63) is 35.9 Å². The van der Waals surface area contributed by atoms with E-state index in [1.165, 1.54) is 14.2 Å². The van der Waals surface area contributed by atoms with Gasteiger partial charge in [-0.15, -0.1) is 0 Å². The highest BCUT2D eigenvalue weighted by atomic mass is 16.5. The van der Waals surface area contributed by atoms with E-state index in [1.807, 2.05) is 6.07 Å². The van der Waals surface area contributed by atoms with Gasteiger partial charge >= 0.3 is 5.97 Å². The van der Waals surface area contributed by atoms with Crippen LogP contribution in [0.2, 0.25) is 0 Å². The predicted molar refractivity (Wildman–Crippen MR) is 65.8 cm³/mol. The number of ether oxygens (including phenoxy) is 2. The summed E-state index contributed by atoms with van der Waals surface area (Å²) in [5, 5.41) is 2.63. The lowest BCUT2D eigenvalue weighted by atomic mass is 10.1. The van der Waals surface area contributed by atoms with Crippen molar-refractivity contribution in [3.8, 4) is 0 Å². The number of amides is 1. The van der Waals surface area contributed by atoms with Crippen LogP contribution < -0.4 is 5.32 Å². The zero-order chi connectivity index (χ0) is 13.4. The van der Waals surface area contributed by atoms with Gasteiger partial charge in [0.1, 0.15) is 0 Å². The zero-order valence-electron chi connectivity index (χ0n) is 10.5. The van der Waals surface area contributed by atoms with E-state index in [4.69, 9.17) is 4.74 Å². The van der Waals surface area contributed by atoms with Gasteiger partial charge in [0.15, 0.2) is 6.04 Å². The van der Waals surface area contributed by atoms with Crippen molar-refractivity contribution < 1.29 is 19.1 Å². The molecule has 1 aromatic carbocycles. The number of nitrogens with one attached hydrogen (secondary N) is 1. The summed E-state index contributed by atoms with van der Waals surface area (Å²) in [6.07, 6.45) is 0.205. The minimum atomic E-state index is -0.777. The van der Waals surface area contributed by atoms with Crippen LogP contribution in [-0.2, 0) is 19.1 Å². The standard InChI is InChI=1S/C13H17NO4/c1-17-9-8-11(15)14-12(13(16)18-2)10-6-4-3-5-7-10/h3-7,12H,8-9H2,1-2H3,(H,14,15)/t12-/m0/s1. The third kappa shape index (κ3) is 4.18. The van der Waals surface area contributed by atoms with Crippen molar-refractivity contribution in [2.45, 2.75) is 12.5 Å². The van der Waals surface area contributed by atoms with Crippen molar-refractivity contribution in [2.24, 2.45) is 0 Å². The molecule has 0 unspecified atom stereocenters. The summed E-state index contributed by atoms with van der Waals surface area (Å²) in [6, 6.07) is 8.18. The summed E-state index contributed by atoms with van der Waals surface area (Å²) in [6.45, 7) is 0.314. The Labute approximate surface area is 106 Å². The Kier molecular flexibility index (Phi) is 5.87. The van der Waals surface area contributed by atoms with Crippen LogP contribution >= 0.6 is 0 Å². The minimum Gasteiger partial charge on any atom is -0.467 e. The van der Waals surface area contributed by atoms with Crippen LogP contribution in [0.15, 0.2) is 30.3 Å². The molecule has 0 aromatic heterocycles. The first-order chi connectivity index (χ1) is 8.69. The summed E-state index contributed by atoms with van der Waals surface area (Å²) in [5.74, 6) is -0.747. The third-order valence-electron chi connectivity index (χ3n) is 2.41. The highest BCUT2D eigenvalue weighted by Gasteiger charge is 2.22. The average Bonchev–Trinajstić information content (AvgIpc) is 2.42. The third-order valence-corrected chi connectivity index (χ3v) is 2.41. The van der Waals surface area contributed by atoms with Gasteiger partial charge in [-0.3, -0.25) is 4.79 Å². The molecule has 1 amide bonds. The maximum absolute atomic E-state index is 11.7. The van der Waals surface area contributed by atoms with E-state index < -0.39 is 12.0 Å². The number of hydrogen-bond donors (Lipinski definition) is 1. The lowest BCUT2D eigenvalue weighted by Crippen LogP contribution is -2.34. The van der Waals surface area contributed by atoms with Crippen molar-refractivity contribution in [2.75, 3.05) is 20.8 Å². The molecule has 0 radical (unpaired) electrons. The SMILES string of the molecule is COCCC(=O)N[C@H](C(=O)OC)c1ccccc1. The average molecular weight is 251 g/mol. The summed E-state index contributed by atoms with van der Waals surface area (Å²) in [7, 11) is 2.81. The van der Waals surface area contributed by atoms with E-state index in [0.717, 1.165) is 0 Å². The van der Waals surface area contributed by atoms with E-state index in [1.54, 1.807) is 24.3 Å².